The number of ether oxygens (including phenoxy) is 2. The van der Waals surface area contributed by atoms with Crippen molar-refractivity contribution in [2.24, 2.45) is 17.6 Å². The predicted molar refractivity (Wildman–Crippen MR) is 105 cm³/mol. The minimum atomic E-state index is -1.61. The van der Waals surface area contributed by atoms with Crippen molar-refractivity contribution in [1.29, 1.82) is 0 Å². The molecular formula is C20H25Cl2NO5. The summed E-state index contributed by atoms with van der Waals surface area (Å²) in [5, 5.41) is 10.7. The highest BCUT2D eigenvalue weighted by Gasteiger charge is 2.80. The Morgan fingerprint density at radius 3 is 2.64 bits per heavy atom. The molecule has 0 radical (unpaired) electrons. The molecule has 0 aromatic heterocycles. The zero-order valence-corrected chi connectivity index (χ0v) is 17.4. The number of nitrogens with two attached hydrogens (primary N) is 1. The molecule has 0 aliphatic heterocycles. The molecular weight excluding hydrogens is 405 g/mol. The zero-order chi connectivity index (χ0) is 20.7. The summed E-state index contributed by atoms with van der Waals surface area (Å²) in [5.74, 6) is -2.05. The van der Waals surface area contributed by atoms with Crippen LogP contribution in [0.3, 0.4) is 0 Å². The van der Waals surface area contributed by atoms with Crippen LogP contribution >= 0.6 is 23.2 Å². The first kappa shape index (κ1) is 21.4. The Hall–Kier alpha value is -1.34. The topological polar surface area (TPSA) is 98.9 Å². The van der Waals surface area contributed by atoms with Crippen molar-refractivity contribution in [3.63, 3.8) is 0 Å². The third kappa shape index (κ3) is 3.63. The Morgan fingerprint density at radius 2 is 2.04 bits per heavy atom. The summed E-state index contributed by atoms with van der Waals surface area (Å²) in [6.45, 7) is 3.93. The minimum absolute atomic E-state index is 0.127. The zero-order valence-electron chi connectivity index (χ0n) is 15.9. The maximum Gasteiger partial charge on any atom is 0.326 e. The summed E-state index contributed by atoms with van der Waals surface area (Å²) >= 11 is 11.9. The van der Waals surface area contributed by atoms with E-state index in [0.717, 1.165) is 18.4 Å². The number of rotatable bonds is 8. The summed E-state index contributed by atoms with van der Waals surface area (Å²) in [4.78, 5) is 24.1. The Labute approximate surface area is 174 Å². The number of unbranched alkanes of at least 4 members (excludes halogenated alkanes) is 1. The van der Waals surface area contributed by atoms with Gasteiger partial charge in [-0.15, -0.1) is 0 Å². The summed E-state index contributed by atoms with van der Waals surface area (Å²) < 4.78 is 11.5. The number of carbonyl (C=O) groups excluding carboxylic acids is 1. The van der Waals surface area contributed by atoms with Crippen LogP contribution in [-0.4, -0.2) is 34.3 Å². The highest BCUT2D eigenvalue weighted by molar-refractivity contribution is 6.42. The van der Waals surface area contributed by atoms with Crippen LogP contribution in [0.2, 0.25) is 10.0 Å². The fourth-order valence-corrected chi connectivity index (χ4v) is 4.76. The number of benzene rings is 1. The van der Waals surface area contributed by atoms with E-state index in [2.05, 4.69) is 0 Å². The number of hydrogen-bond acceptors (Lipinski definition) is 5. The third-order valence-electron chi connectivity index (χ3n) is 6.04. The van der Waals surface area contributed by atoms with Gasteiger partial charge in [-0.05, 0) is 37.5 Å². The molecule has 1 aromatic carbocycles. The summed E-state index contributed by atoms with van der Waals surface area (Å²) in [7, 11) is 0. The van der Waals surface area contributed by atoms with E-state index >= 15 is 0 Å². The van der Waals surface area contributed by atoms with Crippen molar-refractivity contribution in [3.05, 3.63) is 33.8 Å². The SMILES string of the molecule is CCCCC(=O)O[C@@]1(C)[C@@H]2C[C@@H](OCc3ccc(Cl)c(Cl)c3)[C@@](N)(C(=O)O)[C@@H]21. The van der Waals surface area contributed by atoms with Crippen LogP contribution < -0.4 is 5.73 Å². The van der Waals surface area contributed by atoms with E-state index in [0.29, 0.717) is 22.9 Å². The van der Waals surface area contributed by atoms with Crippen molar-refractivity contribution in [3.8, 4) is 0 Å². The van der Waals surface area contributed by atoms with Gasteiger partial charge in [0.2, 0.25) is 0 Å². The van der Waals surface area contributed by atoms with Crippen molar-refractivity contribution in [1.82, 2.24) is 0 Å². The highest BCUT2D eigenvalue weighted by atomic mass is 35.5. The van der Waals surface area contributed by atoms with E-state index in [1.807, 2.05) is 6.92 Å². The molecule has 5 atom stereocenters. The molecule has 0 amide bonds. The van der Waals surface area contributed by atoms with Gasteiger partial charge >= 0.3 is 11.9 Å². The van der Waals surface area contributed by atoms with E-state index in [9.17, 15) is 14.7 Å². The van der Waals surface area contributed by atoms with Crippen LogP contribution in [-0.2, 0) is 25.7 Å². The lowest BCUT2D eigenvalue weighted by Gasteiger charge is -2.33. The fraction of sp³-hybridized carbons (Fsp3) is 0.600. The van der Waals surface area contributed by atoms with Gasteiger partial charge in [0.15, 0.2) is 0 Å². The van der Waals surface area contributed by atoms with Gasteiger partial charge < -0.3 is 20.3 Å². The van der Waals surface area contributed by atoms with E-state index in [4.69, 9.17) is 38.4 Å². The Bertz CT molecular complexity index is 788. The summed E-state index contributed by atoms with van der Waals surface area (Å²) in [6.07, 6.45) is 1.70. The largest absolute Gasteiger partial charge is 0.480 e. The van der Waals surface area contributed by atoms with E-state index in [-0.39, 0.29) is 18.5 Å². The van der Waals surface area contributed by atoms with Gasteiger partial charge in [0.05, 0.1) is 22.8 Å². The number of esters is 1. The third-order valence-corrected chi connectivity index (χ3v) is 6.78. The quantitative estimate of drug-likeness (QED) is 0.609. The molecule has 1 aromatic rings. The maximum atomic E-state index is 12.1. The number of carboxylic acids is 1. The summed E-state index contributed by atoms with van der Waals surface area (Å²) in [5.41, 5.74) is 4.66. The Morgan fingerprint density at radius 1 is 1.32 bits per heavy atom. The molecule has 2 aliphatic carbocycles. The molecule has 0 heterocycles. The lowest BCUT2D eigenvalue weighted by atomic mass is 9.87. The second kappa shape index (κ2) is 7.82. The Kier molecular flexibility index (Phi) is 5.97. The molecule has 2 aliphatic rings. The second-order valence-corrected chi connectivity index (χ2v) is 8.68. The highest BCUT2D eigenvalue weighted by Crippen LogP contribution is 2.66. The first-order valence-electron chi connectivity index (χ1n) is 9.44. The first-order chi connectivity index (χ1) is 13.1. The van der Waals surface area contributed by atoms with Crippen LogP contribution in [0.4, 0.5) is 0 Å². The maximum absolute atomic E-state index is 12.1. The number of aliphatic carboxylic acids is 1. The summed E-state index contributed by atoms with van der Waals surface area (Å²) in [6, 6.07) is 5.11. The van der Waals surface area contributed by atoms with Gasteiger partial charge in [0, 0.05) is 18.3 Å². The monoisotopic (exact) mass is 429 g/mol. The fourth-order valence-electron chi connectivity index (χ4n) is 4.44. The van der Waals surface area contributed by atoms with Crippen LogP contribution in [0, 0.1) is 11.8 Å². The van der Waals surface area contributed by atoms with E-state index in [1.165, 1.54) is 0 Å². The standard InChI is InChI=1S/C20H25Cl2NO5/c1-3-4-5-16(24)28-19(2)12-9-15(20(23,17(12)19)18(25)26)27-10-11-6-7-13(21)14(22)8-11/h6-8,12,15,17H,3-5,9-10,23H2,1-2H3,(H,25,26)/t12-,15-,17+,19+,20+/m1/s1. The average Bonchev–Trinajstić information content (AvgIpc) is 3.05. The minimum Gasteiger partial charge on any atom is -0.480 e. The van der Waals surface area contributed by atoms with E-state index < -0.39 is 29.1 Å². The number of halogens is 2. The van der Waals surface area contributed by atoms with Crippen LogP contribution in [0.5, 0.6) is 0 Å². The molecule has 0 spiro atoms. The predicted octanol–water partition coefficient (Wildman–Crippen LogP) is 3.80. The normalized spacial score (nSPS) is 33.4. The molecule has 0 bridgehead atoms. The smallest absolute Gasteiger partial charge is 0.326 e. The van der Waals surface area contributed by atoms with Gasteiger partial charge in [-0.3, -0.25) is 9.59 Å². The molecule has 6 nitrogen and oxygen atoms in total. The van der Waals surface area contributed by atoms with Crippen molar-refractivity contribution in [2.45, 2.75) is 63.4 Å². The van der Waals surface area contributed by atoms with Gasteiger partial charge in [-0.25, -0.2) is 0 Å². The lowest BCUT2D eigenvalue weighted by Crippen LogP contribution is -2.60. The molecule has 3 rings (SSSR count). The number of carboxylic acid groups (broad SMARTS) is 1. The number of hydrogen-bond donors (Lipinski definition) is 2. The van der Waals surface area contributed by atoms with Crippen molar-refractivity contribution in [2.75, 3.05) is 0 Å². The Balaban J connectivity index is 1.68. The van der Waals surface area contributed by atoms with Crippen LogP contribution in [0.25, 0.3) is 0 Å². The van der Waals surface area contributed by atoms with Crippen LogP contribution in [0.15, 0.2) is 18.2 Å². The van der Waals surface area contributed by atoms with Crippen molar-refractivity contribution >= 4 is 35.1 Å². The molecule has 2 fully saturated rings. The molecule has 28 heavy (non-hydrogen) atoms. The van der Waals surface area contributed by atoms with E-state index in [1.54, 1.807) is 25.1 Å². The number of fused-ring (bicyclic) bond motifs is 1. The molecule has 0 saturated heterocycles. The van der Waals surface area contributed by atoms with Crippen molar-refractivity contribution < 1.29 is 24.2 Å². The van der Waals surface area contributed by atoms with Gasteiger partial charge in [-0.1, -0.05) is 42.6 Å². The molecule has 3 N–H and O–H groups in total. The average molecular weight is 430 g/mol. The van der Waals surface area contributed by atoms with Gasteiger partial charge in [0.25, 0.3) is 0 Å². The lowest BCUT2D eigenvalue weighted by molar-refractivity contribution is -0.162. The molecule has 154 valence electrons. The first-order valence-corrected chi connectivity index (χ1v) is 10.2. The second-order valence-electron chi connectivity index (χ2n) is 7.87. The van der Waals surface area contributed by atoms with Gasteiger partial charge in [0.1, 0.15) is 11.1 Å². The molecule has 8 heteroatoms. The molecule has 2 saturated carbocycles. The van der Waals surface area contributed by atoms with Crippen LogP contribution in [0.1, 0.15) is 45.1 Å². The molecule has 0 unspecified atom stereocenters. The van der Waals surface area contributed by atoms with Gasteiger partial charge in [-0.2, -0.15) is 0 Å². The number of carbonyl (C=O) groups is 2.